The molecule has 0 atom stereocenters. The molecule has 0 aromatic heterocycles. The standard InChI is InChI=1S/C23H23F6N3O/c1-13(30)20(14(2)31)17-5-8-19-16(11-17)9-10-32(19)12-15-3-6-18(7-4-15)21(33,22(24,25)26)23(27,28)29/h3-8,11,20,30-31,33H,9-10,12H2,1-2H3. The summed E-state index contributed by atoms with van der Waals surface area (Å²) in [5, 5.41) is 25.4. The van der Waals surface area contributed by atoms with Gasteiger partial charge in [0.1, 0.15) is 0 Å². The maximum atomic E-state index is 13.1. The summed E-state index contributed by atoms with van der Waals surface area (Å²) in [5.41, 5.74) is -2.30. The Kier molecular flexibility index (Phi) is 6.36. The van der Waals surface area contributed by atoms with Crippen LogP contribution in [0.4, 0.5) is 32.0 Å². The van der Waals surface area contributed by atoms with E-state index in [1.54, 1.807) is 13.8 Å². The van der Waals surface area contributed by atoms with Crippen LogP contribution in [0.2, 0.25) is 0 Å². The molecule has 1 aliphatic heterocycles. The molecule has 0 aliphatic carbocycles. The average Bonchev–Trinajstić information content (AvgIpc) is 3.08. The highest BCUT2D eigenvalue weighted by Crippen LogP contribution is 2.50. The monoisotopic (exact) mass is 471 g/mol. The minimum Gasteiger partial charge on any atom is -0.369 e. The first kappa shape index (κ1) is 24.8. The Morgan fingerprint density at radius 2 is 1.48 bits per heavy atom. The highest BCUT2D eigenvalue weighted by atomic mass is 19.4. The van der Waals surface area contributed by atoms with Crippen LogP contribution in [-0.2, 0) is 18.6 Å². The zero-order valence-corrected chi connectivity index (χ0v) is 17.9. The average molecular weight is 471 g/mol. The molecule has 2 aromatic carbocycles. The number of hydrogen-bond donors (Lipinski definition) is 3. The van der Waals surface area contributed by atoms with Crippen LogP contribution >= 0.6 is 0 Å². The molecule has 0 bridgehead atoms. The lowest BCUT2D eigenvalue weighted by Gasteiger charge is -2.32. The van der Waals surface area contributed by atoms with Gasteiger partial charge in [-0.15, -0.1) is 0 Å². The van der Waals surface area contributed by atoms with Gasteiger partial charge in [0.05, 0.1) is 5.92 Å². The third-order valence-electron chi connectivity index (χ3n) is 5.86. The predicted molar refractivity (Wildman–Crippen MR) is 113 cm³/mol. The summed E-state index contributed by atoms with van der Waals surface area (Å²) in [7, 11) is 0. The van der Waals surface area contributed by atoms with E-state index in [2.05, 4.69) is 0 Å². The minimum atomic E-state index is -5.92. The summed E-state index contributed by atoms with van der Waals surface area (Å²) in [4.78, 5) is 1.96. The van der Waals surface area contributed by atoms with Crippen LogP contribution in [0.3, 0.4) is 0 Å². The van der Waals surface area contributed by atoms with Crippen molar-refractivity contribution in [1.29, 1.82) is 10.8 Å². The van der Waals surface area contributed by atoms with Gasteiger partial charge in [0.25, 0.3) is 5.60 Å². The highest BCUT2D eigenvalue weighted by molar-refractivity contribution is 6.08. The molecule has 3 N–H and O–H groups in total. The van der Waals surface area contributed by atoms with Crippen molar-refractivity contribution in [2.24, 2.45) is 0 Å². The van der Waals surface area contributed by atoms with Crippen molar-refractivity contribution in [2.75, 3.05) is 11.4 Å². The van der Waals surface area contributed by atoms with E-state index in [9.17, 15) is 31.4 Å². The van der Waals surface area contributed by atoms with E-state index in [0.717, 1.165) is 28.9 Å². The van der Waals surface area contributed by atoms with Crippen LogP contribution in [0.15, 0.2) is 42.5 Å². The van der Waals surface area contributed by atoms with Crippen LogP contribution in [0.25, 0.3) is 0 Å². The quantitative estimate of drug-likeness (QED) is 0.372. The minimum absolute atomic E-state index is 0.264. The van der Waals surface area contributed by atoms with Crippen molar-refractivity contribution in [1.82, 2.24) is 0 Å². The normalized spacial score (nSPS) is 15.4. The Bertz CT molecular complexity index is 1030. The Hall–Kier alpha value is -2.88. The molecule has 0 unspecified atom stereocenters. The second-order valence-electron chi connectivity index (χ2n) is 8.26. The lowest BCUT2D eigenvalue weighted by Crippen LogP contribution is -2.53. The number of nitrogens with zero attached hydrogens (tertiary/aromatic N) is 1. The molecule has 4 nitrogen and oxygen atoms in total. The first-order chi connectivity index (χ1) is 15.2. The van der Waals surface area contributed by atoms with E-state index in [-0.39, 0.29) is 6.54 Å². The summed E-state index contributed by atoms with van der Waals surface area (Å²) in [6.45, 7) is 4.15. The fraction of sp³-hybridized carbons (Fsp3) is 0.391. The van der Waals surface area contributed by atoms with Crippen LogP contribution < -0.4 is 4.90 Å². The Morgan fingerprint density at radius 1 is 0.939 bits per heavy atom. The van der Waals surface area contributed by atoms with Gasteiger partial charge in [-0.2, -0.15) is 26.3 Å². The molecule has 0 radical (unpaired) electrons. The van der Waals surface area contributed by atoms with E-state index in [1.165, 1.54) is 0 Å². The third-order valence-corrected chi connectivity index (χ3v) is 5.86. The highest BCUT2D eigenvalue weighted by Gasteiger charge is 2.71. The number of alkyl halides is 6. The SMILES string of the molecule is CC(=N)C(C(C)=N)c1ccc2c(c1)CCN2Cc1ccc(C(O)(C(F)(F)F)C(F)(F)F)cc1. The summed E-state index contributed by atoms with van der Waals surface area (Å²) >= 11 is 0. The Balaban J connectivity index is 1.83. The molecule has 2 aromatic rings. The molecule has 33 heavy (non-hydrogen) atoms. The van der Waals surface area contributed by atoms with E-state index in [4.69, 9.17) is 10.8 Å². The smallest absolute Gasteiger partial charge is 0.369 e. The van der Waals surface area contributed by atoms with E-state index in [0.29, 0.717) is 42.1 Å². The number of anilines is 1. The van der Waals surface area contributed by atoms with Gasteiger partial charge in [0.15, 0.2) is 0 Å². The van der Waals surface area contributed by atoms with Gasteiger partial charge in [-0.25, -0.2) is 0 Å². The van der Waals surface area contributed by atoms with Gasteiger partial charge < -0.3 is 20.8 Å². The largest absolute Gasteiger partial charge is 0.430 e. The predicted octanol–water partition coefficient (Wildman–Crippen LogP) is 5.72. The maximum Gasteiger partial charge on any atom is 0.430 e. The number of rotatable bonds is 6. The number of fused-ring (bicyclic) bond motifs is 1. The topological polar surface area (TPSA) is 71.2 Å². The molecule has 10 heteroatoms. The number of nitrogens with one attached hydrogen (secondary N) is 2. The van der Waals surface area contributed by atoms with Crippen molar-refractivity contribution >= 4 is 17.1 Å². The van der Waals surface area contributed by atoms with Gasteiger partial charge in [-0.3, -0.25) is 0 Å². The number of halogens is 6. The van der Waals surface area contributed by atoms with Crippen LogP contribution in [0, 0.1) is 10.8 Å². The Labute approximate surface area is 186 Å². The number of aliphatic hydroxyl groups is 1. The van der Waals surface area contributed by atoms with E-state index < -0.39 is 29.4 Å². The van der Waals surface area contributed by atoms with Gasteiger partial charge in [0.2, 0.25) is 0 Å². The zero-order chi connectivity index (χ0) is 24.8. The van der Waals surface area contributed by atoms with E-state index in [1.807, 2.05) is 23.1 Å². The second kappa shape index (κ2) is 8.48. The molecule has 0 amide bonds. The summed E-state index contributed by atoms with van der Waals surface area (Å²) in [6.07, 6.45) is -11.1. The van der Waals surface area contributed by atoms with Crippen molar-refractivity contribution in [3.63, 3.8) is 0 Å². The molecular formula is C23H23F6N3O. The lowest BCUT2D eigenvalue weighted by molar-refractivity contribution is -0.376. The zero-order valence-electron chi connectivity index (χ0n) is 17.9. The molecular weight excluding hydrogens is 448 g/mol. The molecule has 0 fully saturated rings. The van der Waals surface area contributed by atoms with Crippen molar-refractivity contribution in [3.8, 4) is 0 Å². The number of hydrogen-bond acceptors (Lipinski definition) is 4. The maximum absolute atomic E-state index is 13.1. The fourth-order valence-corrected chi connectivity index (χ4v) is 4.22. The first-order valence-corrected chi connectivity index (χ1v) is 10.1. The van der Waals surface area contributed by atoms with Crippen molar-refractivity contribution < 1.29 is 31.4 Å². The van der Waals surface area contributed by atoms with Gasteiger partial charge in [-0.05, 0) is 43.0 Å². The van der Waals surface area contributed by atoms with Crippen molar-refractivity contribution in [2.45, 2.75) is 50.7 Å². The molecule has 3 rings (SSSR count). The second-order valence-corrected chi connectivity index (χ2v) is 8.26. The van der Waals surface area contributed by atoms with Crippen LogP contribution in [0.1, 0.15) is 42.0 Å². The third kappa shape index (κ3) is 4.48. The molecule has 1 aliphatic rings. The van der Waals surface area contributed by atoms with Crippen molar-refractivity contribution in [3.05, 3.63) is 64.7 Å². The van der Waals surface area contributed by atoms with Crippen LogP contribution in [0.5, 0.6) is 0 Å². The van der Waals surface area contributed by atoms with Crippen LogP contribution in [-0.4, -0.2) is 35.4 Å². The summed E-state index contributed by atoms with van der Waals surface area (Å²) < 4.78 is 78.4. The molecule has 0 saturated heterocycles. The van der Waals surface area contributed by atoms with E-state index >= 15 is 0 Å². The fourth-order valence-electron chi connectivity index (χ4n) is 4.22. The number of benzene rings is 2. The van der Waals surface area contributed by atoms with Gasteiger partial charge >= 0.3 is 12.4 Å². The molecule has 1 heterocycles. The lowest BCUT2D eigenvalue weighted by atomic mass is 9.89. The first-order valence-electron chi connectivity index (χ1n) is 10.1. The van der Waals surface area contributed by atoms with Gasteiger partial charge in [-0.1, -0.05) is 36.4 Å². The van der Waals surface area contributed by atoms with Gasteiger partial charge in [0, 0.05) is 35.8 Å². The summed E-state index contributed by atoms with van der Waals surface area (Å²) in [5.74, 6) is -0.405. The summed E-state index contributed by atoms with van der Waals surface area (Å²) in [6, 6.07) is 9.23. The Morgan fingerprint density at radius 3 is 1.97 bits per heavy atom. The molecule has 0 spiro atoms. The molecule has 178 valence electrons. The molecule has 0 saturated carbocycles.